The molecule has 3 aromatic carbocycles. The van der Waals surface area contributed by atoms with Gasteiger partial charge in [-0.05, 0) is 18.6 Å². The zero-order valence-corrected chi connectivity index (χ0v) is 16.1. The van der Waals surface area contributed by atoms with Crippen molar-refractivity contribution >= 4 is 17.5 Å². The van der Waals surface area contributed by atoms with Crippen molar-refractivity contribution in [2.75, 3.05) is 6.54 Å². The van der Waals surface area contributed by atoms with Crippen molar-refractivity contribution in [3.8, 4) is 0 Å². The number of carbonyl (C=O) groups excluding carboxylic acids is 1. The molecule has 0 fully saturated rings. The molecule has 27 heavy (non-hydrogen) atoms. The second-order valence-corrected chi connectivity index (χ2v) is 6.96. The van der Waals surface area contributed by atoms with Crippen LogP contribution in [0.25, 0.3) is 0 Å². The second-order valence-electron chi connectivity index (χ2n) is 6.55. The highest BCUT2D eigenvalue weighted by Gasteiger charge is 2.20. The third-order valence-corrected chi connectivity index (χ3v) is 4.95. The number of quaternary nitrogens is 1. The first kappa shape index (κ1) is 19.2. The normalized spacial score (nSPS) is 12.0. The summed E-state index contributed by atoms with van der Waals surface area (Å²) in [5.41, 5.74) is 3.28. The number of rotatable bonds is 7. The van der Waals surface area contributed by atoms with E-state index in [1.807, 2.05) is 67.6 Å². The minimum Gasteiger partial charge on any atom is -0.345 e. The average Bonchev–Trinajstić information content (AvgIpc) is 2.70. The van der Waals surface area contributed by atoms with E-state index in [2.05, 4.69) is 34.9 Å². The SMILES string of the molecule is C[C@H](NC(=O)C[NH2+]C(c1ccccc1)c1ccccc1)c1ccccc1Cl. The van der Waals surface area contributed by atoms with Crippen LogP contribution < -0.4 is 10.6 Å². The molecule has 3 rings (SSSR count). The maximum atomic E-state index is 12.5. The molecule has 0 bridgehead atoms. The summed E-state index contributed by atoms with van der Waals surface area (Å²) in [5, 5.41) is 5.78. The van der Waals surface area contributed by atoms with Crippen molar-refractivity contribution in [3.63, 3.8) is 0 Å². The fourth-order valence-electron chi connectivity index (χ4n) is 3.21. The molecule has 1 amide bonds. The van der Waals surface area contributed by atoms with Crippen LogP contribution in [-0.2, 0) is 4.79 Å². The Morgan fingerprint density at radius 1 is 0.889 bits per heavy atom. The zero-order chi connectivity index (χ0) is 19.1. The Hall–Kier alpha value is -2.62. The number of halogens is 1. The summed E-state index contributed by atoms with van der Waals surface area (Å²) in [4.78, 5) is 12.5. The van der Waals surface area contributed by atoms with Crippen LogP contribution in [0.15, 0.2) is 84.9 Å². The molecule has 0 heterocycles. The van der Waals surface area contributed by atoms with E-state index in [1.54, 1.807) is 0 Å². The number of nitrogens with one attached hydrogen (secondary N) is 1. The third kappa shape index (κ3) is 5.19. The van der Waals surface area contributed by atoms with E-state index in [-0.39, 0.29) is 18.0 Å². The Morgan fingerprint density at radius 2 is 1.41 bits per heavy atom. The van der Waals surface area contributed by atoms with E-state index in [1.165, 1.54) is 11.1 Å². The molecule has 0 aromatic heterocycles. The monoisotopic (exact) mass is 379 g/mol. The minimum absolute atomic E-state index is 0.0146. The molecule has 3 aromatic rings. The van der Waals surface area contributed by atoms with Gasteiger partial charge in [-0.1, -0.05) is 90.5 Å². The molecule has 0 aliphatic carbocycles. The van der Waals surface area contributed by atoms with Crippen LogP contribution in [0.5, 0.6) is 0 Å². The number of hydrogen-bond acceptors (Lipinski definition) is 1. The van der Waals surface area contributed by atoms with Gasteiger partial charge in [0, 0.05) is 16.1 Å². The van der Waals surface area contributed by atoms with Gasteiger partial charge in [-0.15, -0.1) is 0 Å². The Morgan fingerprint density at radius 3 is 1.96 bits per heavy atom. The van der Waals surface area contributed by atoms with Crippen LogP contribution in [0.1, 0.15) is 35.7 Å². The fourth-order valence-corrected chi connectivity index (χ4v) is 3.51. The molecule has 0 aliphatic rings. The van der Waals surface area contributed by atoms with Crippen LogP contribution in [0.3, 0.4) is 0 Å². The number of hydrogen-bond donors (Lipinski definition) is 2. The van der Waals surface area contributed by atoms with E-state index >= 15 is 0 Å². The van der Waals surface area contributed by atoms with Gasteiger partial charge in [0.05, 0.1) is 6.04 Å². The molecule has 0 spiro atoms. The van der Waals surface area contributed by atoms with Gasteiger partial charge in [0.15, 0.2) is 6.54 Å². The van der Waals surface area contributed by atoms with E-state index < -0.39 is 0 Å². The standard InChI is InChI=1S/C23H23ClN2O/c1-17(20-14-8-9-15-21(20)24)26-22(27)16-25-23(18-10-4-2-5-11-18)19-12-6-3-7-13-19/h2-15,17,23,25H,16H2,1H3,(H,26,27)/p+1/t17-/m0/s1. The smallest absolute Gasteiger partial charge is 0.275 e. The maximum Gasteiger partial charge on any atom is 0.275 e. The predicted molar refractivity (Wildman–Crippen MR) is 110 cm³/mol. The van der Waals surface area contributed by atoms with Gasteiger partial charge in [-0.2, -0.15) is 0 Å². The predicted octanol–water partition coefficient (Wildman–Crippen LogP) is 3.87. The average molecular weight is 380 g/mol. The molecule has 0 saturated carbocycles. The molecule has 3 nitrogen and oxygen atoms in total. The van der Waals surface area contributed by atoms with Crippen LogP contribution in [0.2, 0.25) is 5.02 Å². The number of carbonyl (C=O) groups is 1. The largest absolute Gasteiger partial charge is 0.345 e. The highest BCUT2D eigenvalue weighted by Crippen LogP contribution is 2.22. The zero-order valence-electron chi connectivity index (χ0n) is 15.3. The highest BCUT2D eigenvalue weighted by molar-refractivity contribution is 6.31. The molecule has 0 saturated heterocycles. The van der Waals surface area contributed by atoms with Crippen LogP contribution in [-0.4, -0.2) is 12.5 Å². The summed E-state index contributed by atoms with van der Waals surface area (Å²) in [6, 6.07) is 28.0. The van der Waals surface area contributed by atoms with Crippen molar-refractivity contribution in [1.82, 2.24) is 5.32 Å². The van der Waals surface area contributed by atoms with Crippen LogP contribution in [0, 0.1) is 0 Å². The summed E-state index contributed by atoms with van der Waals surface area (Å²) in [6.45, 7) is 2.29. The third-order valence-electron chi connectivity index (χ3n) is 4.61. The molecule has 138 valence electrons. The summed E-state index contributed by atoms with van der Waals surface area (Å²) in [5.74, 6) is -0.0146. The molecular formula is C23H24ClN2O+. The first-order valence-electron chi connectivity index (χ1n) is 9.12. The minimum atomic E-state index is -0.133. The highest BCUT2D eigenvalue weighted by atomic mass is 35.5. The van der Waals surface area contributed by atoms with Crippen molar-refractivity contribution in [1.29, 1.82) is 0 Å². The van der Waals surface area contributed by atoms with Crippen molar-refractivity contribution in [2.45, 2.75) is 19.0 Å². The summed E-state index contributed by atoms with van der Waals surface area (Å²) < 4.78 is 0. The maximum absolute atomic E-state index is 12.5. The Kier molecular flexibility index (Phi) is 6.64. The molecule has 0 aliphatic heterocycles. The summed E-state index contributed by atoms with van der Waals surface area (Å²) in [6.07, 6.45) is 0. The van der Waals surface area contributed by atoms with Gasteiger partial charge in [0.25, 0.3) is 5.91 Å². The topological polar surface area (TPSA) is 45.7 Å². The van der Waals surface area contributed by atoms with Crippen molar-refractivity contribution < 1.29 is 10.1 Å². The molecule has 0 unspecified atom stereocenters. The second kappa shape index (κ2) is 9.36. The van der Waals surface area contributed by atoms with Crippen LogP contribution >= 0.6 is 11.6 Å². The Bertz CT molecular complexity index is 828. The number of amides is 1. The number of benzene rings is 3. The number of nitrogens with two attached hydrogens (primary N) is 1. The van der Waals surface area contributed by atoms with Gasteiger partial charge in [-0.3, -0.25) is 4.79 Å². The van der Waals surface area contributed by atoms with Crippen molar-refractivity contribution in [3.05, 3.63) is 107 Å². The first-order valence-corrected chi connectivity index (χ1v) is 9.50. The molecule has 1 atom stereocenters. The van der Waals surface area contributed by atoms with E-state index in [9.17, 15) is 4.79 Å². The summed E-state index contributed by atoms with van der Waals surface area (Å²) in [7, 11) is 0. The lowest BCUT2D eigenvalue weighted by Gasteiger charge is -2.18. The van der Waals surface area contributed by atoms with Gasteiger partial charge < -0.3 is 10.6 Å². The van der Waals surface area contributed by atoms with E-state index in [0.29, 0.717) is 11.6 Å². The molecular weight excluding hydrogens is 356 g/mol. The van der Waals surface area contributed by atoms with Crippen molar-refractivity contribution in [2.24, 2.45) is 0 Å². The molecule has 0 radical (unpaired) electrons. The quantitative estimate of drug-likeness (QED) is 0.643. The lowest BCUT2D eigenvalue weighted by Crippen LogP contribution is -2.87. The lowest BCUT2D eigenvalue weighted by molar-refractivity contribution is -0.676. The fraction of sp³-hybridized carbons (Fsp3) is 0.174. The first-order chi connectivity index (χ1) is 13.1. The van der Waals surface area contributed by atoms with E-state index in [0.717, 1.165) is 5.56 Å². The molecule has 4 heteroatoms. The van der Waals surface area contributed by atoms with Crippen LogP contribution in [0.4, 0.5) is 0 Å². The molecule has 3 N–H and O–H groups in total. The Labute approximate surface area is 165 Å². The Balaban J connectivity index is 1.67. The van der Waals surface area contributed by atoms with Gasteiger partial charge in [0.2, 0.25) is 0 Å². The summed E-state index contributed by atoms with van der Waals surface area (Å²) >= 11 is 6.23. The lowest BCUT2D eigenvalue weighted by atomic mass is 9.99. The van der Waals surface area contributed by atoms with Gasteiger partial charge in [0.1, 0.15) is 6.04 Å². The van der Waals surface area contributed by atoms with Gasteiger partial charge in [-0.25, -0.2) is 0 Å². The van der Waals surface area contributed by atoms with Gasteiger partial charge >= 0.3 is 0 Å². The van der Waals surface area contributed by atoms with E-state index in [4.69, 9.17) is 11.6 Å².